The second-order valence-electron chi connectivity index (χ2n) is 6.84. The smallest absolute Gasteiger partial charge is 0.0452 e. The predicted molar refractivity (Wildman–Crippen MR) is 133 cm³/mol. The summed E-state index contributed by atoms with van der Waals surface area (Å²) in [6.45, 7) is 14.9. The van der Waals surface area contributed by atoms with Crippen LogP contribution < -0.4 is 10.6 Å². The first kappa shape index (κ1) is 23.9. The van der Waals surface area contributed by atoms with Crippen molar-refractivity contribution in [2.45, 2.75) is 40.5 Å². The molecule has 0 saturated carbocycles. The highest BCUT2D eigenvalue weighted by Crippen LogP contribution is 2.33. The van der Waals surface area contributed by atoms with Crippen LogP contribution in [0.5, 0.6) is 0 Å². The Balaban J connectivity index is 0.000000404. The lowest BCUT2D eigenvalue weighted by Gasteiger charge is -2.20. The molecule has 2 N–H and O–H groups in total. The van der Waals surface area contributed by atoms with E-state index in [0.717, 1.165) is 48.4 Å². The van der Waals surface area contributed by atoms with Crippen molar-refractivity contribution < 1.29 is 1.37 Å². The predicted octanol–water partition coefficient (Wildman–Crippen LogP) is 6.41. The minimum absolute atomic E-state index is 0.881. The Morgan fingerprint density at radius 3 is 1.30 bits per heavy atom. The molecule has 162 valence electrons. The van der Waals surface area contributed by atoms with Gasteiger partial charge in [0.15, 0.2) is 0 Å². The molecule has 2 nitrogen and oxygen atoms in total. The molecule has 0 aliphatic carbocycles. The largest absolute Gasteiger partial charge is 0.317 e. The highest BCUT2D eigenvalue weighted by Gasteiger charge is 2.17. The molecule has 3 aromatic carbocycles. The molecule has 0 aliphatic heterocycles. The lowest BCUT2D eigenvalue weighted by Crippen LogP contribution is -2.09. The van der Waals surface area contributed by atoms with E-state index in [1.54, 1.807) is 0 Å². The zero-order valence-corrected chi connectivity index (χ0v) is 19.4. The Labute approximate surface area is 186 Å². The molecule has 0 unspecified atom stereocenters. The summed E-state index contributed by atoms with van der Waals surface area (Å²) < 4.78 is 9.28. The number of benzene rings is 3. The van der Waals surface area contributed by atoms with Gasteiger partial charge in [-0.15, -0.1) is 0 Å². The zero-order valence-electron chi connectivity index (χ0n) is 20.4. The Morgan fingerprint density at radius 2 is 0.967 bits per heavy atom. The van der Waals surface area contributed by atoms with Crippen LogP contribution in [0.4, 0.5) is 0 Å². The van der Waals surface area contributed by atoms with Gasteiger partial charge >= 0.3 is 0 Å². The maximum Gasteiger partial charge on any atom is 0.0452 e. The fraction of sp³-hybridized carbons (Fsp3) is 0.357. The number of hydrogen-bond acceptors (Lipinski definition) is 2. The molecule has 0 bridgehead atoms. The molecule has 0 amide bonds. The minimum atomic E-state index is -0.881. The van der Waals surface area contributed by atoms with Crippen molar-refractivity contribution in [3.63, 3.8) is 0 Å². The summed E-state index contributed by atoms with van der Waals surface area (Å²) in [6.07, 6.45) is 0. The molecule has 0 fully saturated rings. The van der Waals surface area contributed by atoms with Gasteiger partial charge in [-0.1, -0.05) is 113 Å². The SMILES string of the molecule is CCNCC.CCNCC.[2H]C(c1ccccc1)(c1ccccc1)c1ccccc1C. The van der Waals surface area contributed by atoms with Crippen LogP contribution in [-0.4, -0.2) is 26.2 Å². The zero-order chi connectivity index (χ0) is 23.0. The van der Waals surface area contributed by atoms with Gasteiger partial charge in [0.05, 0.1) is 0 Å². The minimum Gasteiger partial charge on any atom is -0.317 e. The van der Waals surface area contributed by atoms with Crippen LogP contribution in [0, 0.1) is 6.92 Å². The van der Waals surface area contributed by atoms with Gasteiger partial charge in [0, 0.05) is 7.26 Å². The first-order chi connectivity index (χ1) is 15.1. The molecule has 0 radical (unpaired) electrons. The Hall–Kier alpha value is -2.42. The number of hydrogen-bond donors (Lipinski definition) is 2. The monoisotopic (exact) mass is 405 g/mol. The second kappa shape index (κ2) is 16.4. The summed E-state index contributed by atoms with van der Waals surface area (Å²) in [5.41, 5.74) is 4.15. The fourth-order valence-electron chi connectivity index (χ4n) is 3.04. The molecule has 30 heavy (non-hydrogen) atoms. The fourth-order valence-corrected chi connectivity index (χ4v) is 3.04. The third-order valence-electron chi connectivity index (χ3n) is 4.54. The molecular formula is C28H40N2. The lowest BCUT2D eigenvalue weighted by molar-refractivity contribution is 0.762. The van der Waals surface area contributed by atoms with Crippen molar-refractivity contribution in [2.24, 2.45) is 0 Å². The third kappa shape index (κ3) is 9.39. The molecule has 0 aromatic heterocycles. The van der Waals surface area contributed by atoms with E-state index < -0.39 is 5.89 Å². The molecule has 0 atom stereocenters. The van der Waals surface area contributed by atoms with E-state index in [-0.39, 0.29) is 0 Å². The Bertz CT molecular complexity index is 769. The molecule has 0 saturated heterocycles. The van der Waals surface area contributed by atoms with Crippen LogP contribution in [0.25, 0.3) is 0 Å². The lowest BCUT2D eigenvalue weighted by atomic mass is 9.83. The Morgan fingerprint density at radius 1 is 0.600 bits per heavy atom. The topological polar surface area (TPSA) is 24.1 Å². The van der Waals surface area contributed by atoms with E-state index in [2.05, 4.69) is 57.4 Å². The summed E-state index contributed by atoms with van der Waals surface area (Å²) in [6, 6.07) is 28.3. The van der Waals surface area contributed by atoms with Crippen LogP contribution in [0.15, 0.2) is 84.9 Å². The van der Waals surface area contributed by atoms with Crippen molar-refractivity contribution in [3.05, 3.63) is 107 Å². The van der Waals surface area contributed by atoms with Gasteiger partial charge in [0.2, 0.25) is 0 Å². The summed E-state index contributed by atoms with van der Waals surface area (Å²) in [4.78, 5) is 0. The second-order valence-corrected chi connectivity index (χ2v) is 6.84. The standard InChI is InChI=1S/C20H18.2C4H11N/c1-16-10-8-9-15-19(16)20(17-11-4-2-5-12-17)18-13-6-3-7-14-18;2*1-3-5-4-2/h2-15,20H,1H3;2*5H,3-4H2,1-2H3/i20D;;. The van der Waals surface area contributed by atoms with E-state index in [1.165, 1.54) is 0 Å². The van der Waals surface area contributed by atoms with E-state index in [4.69, 9.17) is 0 Å². The van der Waals surface area contributed by atoms with Crippen LogP contribution in [0.2, 0.25) is 0 Å². The first-order valence-electron chi connectivity index (χ1n) is 11.6. The Kier molecular flexibility index (Phi) is 13.0. The highest BCUT2D eigenvalue weighted by atomic mass is 14.8. The molecule has 0 aliphatic rings. The molecule has 3 rings (SSSR count). The normalized spacial score (nSPS) is 10.8. The van der Waals surface area contributed by atoms with Crippen molar-refractivity contribution >= 4 is 0 Å². The molecular weight excluding hydrogens is 364 g/mol. The van der Waals surface area contributed by atoms with Gasteiger partial charge in [0.25, 0.3) is 0 Å². The maximum absolute atomic E-state index is 9.28. The number of aryl methyl sites for hydroxylation is 1. The molecule has 3 aromatic rings. The van der Waals surface area contributed by atoms with Crippen LogP contribution in [0.1, 0.15) is 57.2 Å². The molecule has 0 heterocycles. The van der Waals surface area contributed by atoms with Crippen molar-refractivity contribution in [1.82, 2.24) is 10.6 Å². The molecule has 2 heteroatoms. The van der Waals surface area contributed by atoms with Crippen molar-refractivity contribution in [2.75, 3.05) is 26.2 Å². The van der Waals surface area contributed by atoms with Gasteiger partial charge in [0.1, 0.15) is 0 Å². The average molecular weight is 406 g/mol. The molecule has 0 spiro atoms. The first-order valence-corrected chi connectivity index (χ1v) is 11.1. The van der Waals surface area contributed by atoms with Gasteiger partial charge in [-0.25, -0.2) is 0 Å². The highest BCUT2D eigenvalue weighted by molar-refractivity contribution is 5.45. The quantitative estimate of drug-likeness (QED) is 0.444. The number of rotatable bonds is 7. The van der Waals surface area contributed by atoms with Crippen molar-refractivity contribution in [3.8, 4) is 0 Å². The van der Waals surface area contributed by atoms with E-state index in [0.29, 0.717) is 0 Å². The van der Waals surface area contributed by atoms with Gasteiger partial charge < -0.3 is 10.6 Å². The maximum atomic E-state index is 9.28. The third-order valence-corrected chi connectivity index (χ3v) is 4.54. The summed E-state index contributed by atoms with van der Waals surface area (Å²) >= 11 is 0. The van der Waals surface area contributed by atoms with Gasteiger partial charge in [-0.3, -0.25) is 0 Å². The van der Waals surface area contributed by atoms with Crippen LogP contribution in [-0.2, 0) is 0 Å². The van der Waals surface area contributed by atoms with E-state index in [1.807, 2.05) is 72.8 Å². The van der Waals surface area contributed by atoms with Crippen LogP contribution in [0.3, 0.4) is 0 Å². The summed E-state index contributed by atoms with van der Waals surface area (Å²) in [5.74, 6) is -0.881. The number of nitrogens with one attached hydrogen (secondary N) is 2. The summed E-state index contributed by atoms with van der Waals surface area (Å²) in [5, 5.41) is 6.22. The summed E-state index contributed by atoms with van der Waals surface area (Å²) in [7, 11) is 0. The van der Waals surface area contributed by atoms with Gasteiger partial charge in [-0.2, -0.15) is 0 Å². The van der Waals surface area contributed by atoms with Gasteiger partial charge in [-0.05, 0) is 55.4 Å². The van der Waals surface area contributed by atoms with Crippen molar-refractivity contribution in [1.29, 1.82) is 0 Å². The van der Waals surface area contributed by atoms with E-state index >= 15 is 0 Å². The van der Waals surface area contributed by atoms with E-state index in [9.17, 15) is 1.37 Å². The average Bonchev–Trinajstić information content (AvgIpc) is 2.82. The van der Waals surface area contributed by atoms with Crippen LogP contribution >= 0.6 is 0 Å².